The van der Waals surface area contributed by atoms with Crippen LogP contribution in [0.2, 0.25) is 0 Å². The van der Waals surface area contributed by atoms with E-state index in [1.54, 1.807) is 7.05 Å². The van der Waals surface area contributed by atoms with Gasteiger partial charge in [-0.2, -0.15) is 0 Å². The zero-order valence-electron chi connectivity index (χ0n) is 16.7. The molecule has 0 aliphatic rings. The first kappa shape index (κ1) is 24.3. The highest BCUT2D eigenvalue weighted by Gasteiger charge is 2.10. The Morgan fingerprint density at radius 2 is 1.68 bits per heavy atom. The monoisotopic (exact) mass is 503 g/mol. The number of benzene rings is 2. The lowest BCUT2D eigenvalue weighted by Gasteiger charge is -2.19. The number of guanidine groups is 1. The molecule has 0 aliphatic heterocycles. The molecule has 2 N–H and O–H groups in total. The number of nitrogens with one attached hydrogen (secondary N) is 2. The Kier molecular flexibility index (Phi) is 9.81. The van der Waals surface area contributed by atoms with Crippen LogP contribution in [-0.2, 0) is 24.4 Å². The minimum Gasteiger partial charge on any atom is -0.371 e. The Balaban J connectivity index is 0.00000392. The van der Waals surface area contributed by atoms with Gasteiger partial charge in [0.2, 0.25) is 0 Å². The molecule has 0 saturated heterocycles. The lowest BCUT2D eigenvalue weighted by Crippen LogP contribution is -2.36. The molecule has 4 nitrogen and oxygen atoms in total. The van der Waals surface area contributed by atoms with Crippen LogP contribution in [0.1, 0.15) is 37.5 Å². The average molecular weight is 503 g/mol. The van der Waals surface area contributed by atoms with Gasteiger partial charge in [0.05, 0.1) is 12.2 Å². The summed E-state index contributed by atoms with van der Waals surface area (Å²) in [6.07, 6.45) is 0. The van der Waals surface area contributed by atoms with Gasteiger partial charge in [-0.3, -0.25) is 4.99 Å². The molecule has 0 aliphatic carbocycles. The first-order chi connectivity index (χ1) is 12.8. The smallest absolute Gasteiger partial charge is 0.191 e. The van der Waals surface area contributed by atoms with Crippen molar-refractivity contribution >= 4 is 29.9 Å². The van der Waals surface area contributed by atoms with Crippen LogP contribution >= 0.6 is 24.0 Å². The SMILES string of the molecule is CN=C(NCc1cccc(COC(C)(C)C)c1)NCc1cc(F)ccc1F.I. The van der Waals surface area contributed by atoms with E-state index < -0.39 is 11.6 Å². The molecule has 0 aromatic heterocycles. The lowest BCUT2D eigenvalue weighted by atomic mass is 10.1. The summed E-state index contributed by atoms with van der Waals surface area (Å²) >= 11 is 0. The number of aliphatic imine (C=N–C) groups is 1. The van der Waals surface area contributed by atoms with E-state index in [0.29, 0.717) is 19.1 Å². The third kappa shape index (κ3) is 8.52. The molecule has 0 atom stereocenters. The second-order valence-corrected chi connectivity index (χ2v) is 7.24. The molecule has 2 aromatic rings. The summed E-state index contributed by atoms with van der Waals surface area (Å²) in [5.74, 6) is -0.411. The molecule has 2 aromatic carbocycles. The second kappa shape index (κ2) is 11.3. The van der Waals surface area contributed by atoms with Crippen molar-refractivity contribution in [1.29, 1.82) is 0 Å². The summed E-state index contributed by atoms with van der Waals surface area (Å²) in [5.41, 5.74) is 2.23. The van der Waals surface area contributed by atoms with Crippen molar-refractivity contribution in [2.75, 3.05) is 7.05 Å². The van der Waals surface area contributed by atoms with Crippen molar-refractivity contribution in [1.82, 2.24) is 10.6 Å². The first-order valence-electron chi connectivity index (χ1n) is 8.87. The van der Waals surface area contributed by atoms with Gasteiger partial charge >= 0.3 is 0 Å². The van der Waals surface area contributed by atoms with E-state index in [4.69, 9.17) is 4.74 Å². The molecular formula is C21H28F2IN3O. The highest BCUT2D eigenvalue weighted by Crippen LogP contribution is 2.13. The van der Waals surface area contributed by atoms with Crippen LogP contribution in [-0.4, -0.2) is 18.6 Å². The van der Waals surface area contributed by atoms with Crippen molar-refractivity contribution < 1.29 is 13.5 Å². The third-order valence-corrected chi connectivity index (χ3v) is 3.80. The molecule has 0 amide bonds. The molecule has 2 rings (SSSR count). The van der Waals surface area contributed by atoms with E-state index >= 15 is 0 Å². The van der Waals surface area contributed by atoms with E-state index in [-0.39, 0.29) is 41.7 Å². The number of nitrogens with zero attached hydrogens (tertiary/aromatic N) is 1. The van der Waals surface area contributed by atoms with E-state index in [9.17, 15) is 8.78 Å². The molecule has 0 heterocycles. The predicted octanol–water partition coefficient (Wildman–Crippen LogP) is 4.76. The highest BCUT2D eigenvalue weighted by molar-refractivity contribution is 14.0. The summed E-state index contributed by atoms with van der Waals surface area (Å²) in [4.78, 5) is 4.11. The Hall–Kier alpha value is -1.74. The van der Waals surface area contributed by atoms with Gasteiger partial charge in [-0.1, -0.05) is 24.3 Å². The van der Waals surface area contributed by atoms with Crippen molar-refractivity contribution in [3.8, 4) is 0 Å². The second-order valence-electron chi connectivity index (χ2n) is 7.24. The number of halogens is 3. The van der Waals surface area contributed by atoms with Crippen molar-refractivity contribution in [3.05, 3.63) is 70.8 Å². The van der Waals surface area contributed by atoms with Gasteiger partial charge in [0.25, 0.3) is 0 Å². The number of ether oxygens (including phenoxy) is 1. The maximum absolute atomic E-state index is 13.7. The summed E-state index contributed by atoms with van der Waals surface area (Å²) in [6, 6.07) is 11.5. The molecule has 0 radical (unpaired) electrons. The predicted molar refractivity (Wildman–Crippen MR) is 120 cm³/mol. The average Bonchev–Trinajstić information content (AvgIpc) is 2.62. The fourth-order valence-corrected chi connectivity index (χ4v) is 2.39. The fourth-order valence-electron chi connectivity index (χ4n) is 2.39. The normalized spacial score (nSPS) is 11.7. The number of hydrogen-bond acceptors (Lipinski definition) is 2. The van der Waals surface area contributed by atoms with Crippen molar-refractivity contribution in [3.63, 3.8) is 0 Å². The minimum absolute atomic E-state index is 0. The van der Waals surface area contributed by atoms with Gasteiger partial charge in [-0.15, -0.1) is 24.0 Å². The number of rotatable bonds is 6. The molecule has 0 bridgehead atoms. The molecule has 0 spiro atoms. The van der Waals surface area contributed by atoms with E-state index in [2.05, 4.69) is 21.7 Å². The van der Waals surface area contributed by atoms with Gasteiger partial charge < -0.3 is 15.4 Å². The molecule has 28 heavy (non-hydrogen) atoms. The Labute approximate surface area is 182 Å². The topological polar surface area (TPSA) is 45.7 Å². The summed E-state index contributed by atoms with van der Waals surface area (Å²) in [5, 5.41) is 6.16. The molecular weight excluding hydrogens is 475 g/mol. The van der Waals surface area contributed by atoms with Gasteiger partial charge in [0, 0.05) is 25.7 Å². The highest BCUT2D eigenvalue weighted by atomic mass is 127. The van der Waals surface area contributed by atoms with E-state index in [1.807, 2.05) is 39.0 Å². The molecule has 0 saturated carbocycles. The largest absolute Gasteiger partial charge is 0.371 e. The van der Waals surface area contributed by atoms with Gasteiger partial charge in [0.15, 0.2) is 5.96 Å². The van der Waals surface area contributed by atoms with E-state index in [1.165, 1.54) is 6.07 Å². The van der Waals surface area contributed by atoms with Crippen LogP contribution in [0.25, 0.3) is 0 Å². The Bertz CT molecular complexity index is 791. The third-order valence-electron chi connectivity index (χ3n) is 3.80. The van der Waals surface area contributed by atoms with Crippen molar-refractivity contribution in [2.24, 2.45) is 4.99 Å². The molecule has 0 fully saturated rings. The van der Waals surface area contributed by atoms with Gasteiger partial charge in [-0.25, -0.2) is 8.78 Å². The van der Waals surface area contributed by atoms with Crippen LogP contribution in [0.15, 0.2) is 47.5 Å². The molecule has 0 unspecified atom stereocenters. The lowest BCUT2D eigenvalue weighted by molar-refractivity contribution is -0.0149. The summed E-state index contributed by atoms with van der Waals surface area (Å²) in [7, 11) is 1.63. The quantitative estimate of drug-likeness (QED) is 0.340. The van der Waals surface area contributed by atoms with Crippen LogP contribution in [0.5, 0.6) is 0 Å². The summed E-state index contributed by atoms with van der Waals surface area (Å²) < 4.78 is 32.7. The standard InChI is InChI=1S/C21H27F2N3O.HI/c1-21(2,3)27-14-16-7-5-6-15(10-16)12-25-20(24-4)26-13-17-11-18(22)8-9-19(17)23;/h5-11H,12-14H2,1-4H3,(H2,24,25,26);1H. The Morgan fingerprint density at radius 3 is 2.36 bits per heavy atom. The van der Waals surface area contributed by atoms with Crippen molar-refractivity contribution in [2.45, 2.75) is 46.1 Å². The minimum atomic E-state index is -0.467. The maximum Gasteiger partial charge on any atom is 0.191 e. The summed E-state index contributed by atoms with van der Waals surface area (Å²) in [6.45, 7) is 7.31. The van der Waals surface area contributed by atoms with Crippen LogP contribution in [0.4, 0.5) is 8.78 Å². The number of hydrogen-bond donors (Lipinski definition) is 2. The van der Waals surface area contributed by atoms with Crippen LogP contribution in [0, 0.1) is 11.6 Å². The van der Waals surface area contributed by atoms with Gasteiger partial charge in [0.1, 0.15) is 11.6 Å². The van der Waals surface area contributed by atoms with Crippen LogP contribution in [0.3, 0.4) is 0 Å². The molecule has 7 heteroatoms. The molecule has 154 valence electrons. The zero-order valence-corrected chi connectivity index (χ0v) is 19.0. The fraction of sp³-hybridized carbons (Fsp3) is 0.381. The van der Waals surface area contributed by atoms with Crippen LogP contribution < -0.4 is 10.6 Å². The Morgan fingerprint density at radius 1 is 1.00 bits per heavy atom. The van der Waals surface area contributed by atoms with E-state index in [0.717, 1.165) is 23.3 Å². The zero-order chi connectivity index (χ0) is 19.9. The van der Waals surface area contributed by atoms with Gasteiger partial charge in [-0.05, 0) is 50.1 Å². The first-order valence-corrected chi connectivity index (χ1v) is 8.87. The maximum atomic E-state index is 13.7.